The van der Waals surface area contributed by atoms with Gasteiger partial charge >= 0.3 is 6.18 Å². The summed E-state index contributed by atoms with van der Waals surface area (Å²) in [5.74, 6) is 0. The molecule has 0 amide bonds. The summed E-state index contributed by atoms with van der Waals surface area (Å²) in [5, 5.41) is 0. The fourth-order valence-electron chi connectivity index (χ4n) is 1.87. The summed E-state index contributed by atoms with van der Waals surface area (Å²) in [7, 11) is -3.84. The summed E-state index contributed by atoms with van der Waals surface area (Å²) >= 11 is 0. The van der Waals surface area contributed by atoms with E-state index in [0.717, 1.165) is 5.56 Å². The fourth-order valence-corrected chi connectivity index (χ4v) is 3.31. The molecule has 0 spiro atoms. The number of alkyl halides is 3. The van der Waals surface area contributed by atoms with E-state index in [1.165, 1.54) is 6.07 Å². The van der Waals surface area contributed by atoms with Gasteiger partial charge in [0, 0.05) is 19.5 Å². The Balaban J connectivity index is 2.86. The Hall–Kier alpha value is -1.12. The highest BCUT2D eigenvalue weighted by Crippen LogP contribution is 2.22. The van der Waals surface area contributed by atoms with Crippen molar-refractivity contribution in [2.45, 2.75) is 44.3 Å². The van der Waals surface area contributed by atoms with Crippen LogP contribution in [0.25, 0.3) is 0 Å². The number of rotatable bonds is 6. The van der Waals surface area contributed by atoms with Gasteiger partial charge in [-0.15, -0.1) is 0 Å². The number of hydrogen-bond donors (Lipinski definition) is 2. The van der Waals surface area contributed by atoms with Crippen LogP contribution in [-0.4, -0.2) is 21.1 Å². The molecule has 0 atom stereocenters. The largest absolute Gasteiger partial charge is 0.389 e. The van der Waals surface area contributed by atoms with Gasteiger partial charge in [0.2, 0.25) is 10.0 Å². The Labute approximate surface area is 122 Å². The topological polar surface area (TPSA) is 72.2 Å². The van der Waals surface area contributed by atoms with Crippen molar-refractivity contribution in [2.75, 3.05) is 6.54 Å². The van der Waals surface area contributed by atoms with E-state index >= 15 is 0 Å². The van der Waals surface area contributed by atoms with Crippen LogP contribution in [0.2, 0.25) is 0 Å². The third-order valence-electron chi connectivity index (χ3n) is 3.13. The molecule has 8 heteroatoms. The van der Waals surface area contributed by atoms with Gasteiger partial charge in [-0.1, -0.05) is 6.07 Å². The van der Waals surface area contributed by atoms with Gasteiger partial charge in [-0.05, 0) is 43.0 Å². The van der Waals surface area contributed by atoms with Crippen LogP contribution in [0.4, 0.5) is 13.2 Å². The van der Waals surface area contributed by atoms with Crippen molar-refractivity contribution in [3.8, 4) is 0 Å². The molecular formula is C13H19F3N2O2S. The zero-order valence-electron chi connectivity index (χ0n) is 11.9. The van der Waals surface area contributed by atoms with Crippen LogP contribution < -0.4 is 10.5 Å². The second-order valence-corrected chi connectivity index (χ2v) is 6.59. The van der Waals surface area contributed by atoms with Gasteiger partial charge in [-0.2, -0.15) is 13.2 Å². The van der Waals surface area contributed by atoms with Gasteiger partial charge in [0.15, 0.2) is 0 Å². The molecule has 3 N–H and O–H groups in total. The van der Waals surface area contributed by atoms with Gasteiger partial charge < -0.3 is 5.73 Å². The molecule has 0 aromatic heterocycles. The van der Waals surface area contributed by atoms with Crippen LogP contribution in [0.3, 0.4) is 0 Å². The van der Waals surface area contributed by atoms with Crippen LogP contribution in [-0.2, 0) is 16.6 Å². The fraction of sp³-hybridized carbons (Fsp3) is 0.538. The minimum atomic E-state index is -4.28. The van der Waals surface area contributed by atoms with Crippen molar-refractivity contribution in [2.24, 2.45) is 5.73 Å². The maximum atomic E-state index is 12.2. The first-order valence-electron chi connectivity index (χ1n) is 6.43. The average molecular weight is 324 g/mol. The van der Waals surface area contributed by atoms with Gasteiger partial charge in [-0.3, -0.25) is 0 Å². The molecule has 0 aliphatic rings. The van der Waals surface area contributed by atoms with E-state index in [0.29, 0.717) is 11.1 Å². The Kier molecular flexibility index (Phi) is 5.77. The van der Waals surface area contributed by atoms with Gasteiger partial charge in [0.25, 0.3) is 0 Å². The highest BCUT2D eigenvalue weighted by Gasteiger charge is 2.26. The van der Waals surface area contributed by atoms with Crippen molar-refractivity contribution in [1.29, 1.82) is 0 Å². The zero-order chi connectivity index (χ0) is 16.3. The zero-order valence-corrected chi connectivity index (χ0v) is 12.7. The van der Waals surface area contributed by atoms with E-state index in [-0.39, 0.29) is 24.4 Å². The molecule has 0 unspecified atom stereocenters. The lowest BCUT2D eigenvalue weighted by Gasteiger charge is -2.13. The predicted molar refractivity (Wildman–Crippen MR) is 74.3 cm³/mol. The molecule has 1 rings (SSSR count). The van der Waals surface area contributed by atoms with Crippen LogP contribution in [0, 0.1) is 13.8 Å². The van der Waals surface area contributed by atoms with E-state index in [1.807, 2.05) is 0 Å². The Morgan fingerprint density at radius 1 is 1.24 bits per heavy atom. The maximum absolute atomic E-state index is 12.2. The lowest BCUT2D eigenvalue weighted by Crippen LogP contribution is -2.27. The number of benzene rings is 1. The van der Waals surface area contributed by atoms with Gasteiger partial charge in [-0.25, -0.2) is 13.1 Å². The summed E-state index contributed by atoms with van der Waals surface area (Å²) in [6.45, 7) is 3.35. The highest BCUT2D eigenvalue weighted by atomic mass is 32.2. The second-order valence-electron chi connectivity index (χ2n) is 4.86. The molecule has 0 aliphatic carbocycles. The number of sulfonamides is 1. The van der Waals surface area contributed by atoms with E-state index in [1.54, 1.807) is 19.9 Å². The molecule has 0 saturated heterocycles. The van der Waals surface area contributed by atoms with E-state index in [9.17, 15) is 21.6 Å². The third-order valence-corrected chi connectivity index (χ3v) is 4.72. The molecule has 0 heterocycles. The highest BCUT2D eigenvalue weighted by molar-refractivity contribution is 7.89. The van der Waals surface area contributed by atoms with Gasteiger partial charge in [0.05, 0.1) is 4.90 Å². The van der Waals surface area contributed by atoms with Crippen LogP contribution in [0.5, 0.6) is 0 Å². The van der Waals surface area contributed by atoms with E-state index < -0.39 is 22.6 Å². The summed E-state index contributed by atoms with van der Waals surface area (Å²) in [6, 6.07) is 3.24. The third kappa shape index (κ3) is 5.29. The molecule has 0 fully saturated rings. The van der Waals surface area contributed by atoms with Gasteiger partial charge in [0.1, 0.15) is 0 Å². The molecule has 120 valence electrons. The summed E-state index contributed by atoms with van der Waals surface area (Å²) in [5.41, 5.74) is 7.51. The first-order chi connectivity index (χ1) is 9.57. The molecular weight excluding hydrogens is 305 g/mol. The van der Waals surface area contributed by atoms with Crippen molar-refractivity contribution in [3.63, 3.8) is 0 Å². The van der Waals surface area contributed by atoms with E-state index in [2.05, 4.69) is 4.72 Å². The number of nitrogens with one attached hydrogen (secondary N) is 1. The lowest BCUT2D eigenvalue weighted by atomic mass is 10.1. The van der Waals surface area contributed by atoms with Crippen LogP contribution >= 0.6 is 0 Å². The smallest absolute Gasteiger partial charge is 0.326 e. The molecule has 0 saturated carbocycles. The van der Waals surface area contributed by atoms with Crippen molar-refractivity contribution in [3.05, 3.63) is 28.8 Å². The number of aryl methyl sites for hydroxylation is 1. The second kappa shape index (κ2) is 6.76. The van der Waals surface area contributed by atoms with Crippen LogP contribution in [0.15, 0.2) is 17.0 Å². The number of nitrogens with two attached hydrogens (primary N) is 1. The quantitative estimate of drug-likeness (QED) is 0.789. The SMILES string of the molecule is Cc1cc(CN)cc(S(=O)(=O)NCCCC(F)(F)F)c1C. The minimum Gasteiger partial charge on any atom is -0.326 e. The van der Waals surface area contributed by atoms with Crippen molar-refractivity contribution in [1.82, 2.24) is 4.72 Å². The molecule has 21 heavy (non-hydrogen) atoms. The standard InChI is InChI=1S/C13H19F3N2O2S/c1-9-6-11(8-17)7-12(10(9)2)21(19,20)18-5-3-4-13(14,15)16/h6-7,18H,3-5,8,17H2,1-2H3. The minimum absolute atomic E-state index is 0.0648. The average Bonchev–Trinajstić information content (AvgIpc) is 2.36. The van der Waals surface area contributed by atoms with Crippen LogP contribution in [0.1, 0.15) is 29.5 Å². The normalized spacial score (nSPS) is 12.7. The number of hydrogen-bond acceptors (Lipinski definition) is 3. The summed E-state index contributed by atoms with van der Waals surface area (Å²) in [6.07, 6.45) is -5.59. The molecule has 1 aromatic carbocycles. The summed E-state index contributed by atoms with van der Waals surface area (Å²) in [4.78, 5) is 0.0648. The predicted octanol–water partition coefficient (Wildman–Crippen LogP) is 2.38. The Bertz CT molecular complexity index is 598. The maximum Gasteiger partial charge on any atom is 0.389 e. The first kappa shape index (κ1) is 17.9. The molecule has 1 aromatic rings. The first-order valence-corrected chi connectivity index (χ1v) is 7.92. The summed E-state index contributed by atoms with van der Waals surface area (Å²) < 4.78 is 62.6. The molecule has 0 radical (unpaired) electrons. The van der Waals surface area contributed by atoms with E-state index in [4.69, 9.17) is 5.73 Å². The van der Waals surface area contributed by atoms with Crippen molar-refractivity contribution < 1.29 is 21.6 Å². The molecule has 0 bridgehead atoms. The molecule has 0 aliphatic heterocycles. The molecule has 4 nitrogen and oxygen atoms in total. The lowest BCUT2D eigenvalue weighted by molar-refractivity contribution is -0.135. The monoisotopic (exact) mass is 324 g/mol. The Morgan fingerprint density at radius 2 is 1.86 bits per heavy atom. The van der Waals surface area contributed by atoms with Crippen molar-refractivity contribution >= 4 is 10.0 Å². The Morgan fingerprint density at radius 3 is 2.38 bits per heavy atom. The number of halogens is 3.